The molecule has 0 unspecified atom stereocenters. The number of carbonyl (C=O) groups excluding carboxylic acids is 1. The molecule has 0 aliphatic rings. The van der Waals surface area contributed by atoms with E-state index in [0.29, 0.717) is 11.5 Å². The lowest BCUT2D eigenvalue weighted by Crippen LogP contribution is -2.18. The largest absolute Gasteiger partial charge is 0.482 e. The van der Waals surface area contributed by atoms with E-state index in [2.05, 4.69) is 20.8 Å². The van der Waals surface area contributed by atoms with Crippen molar-refractivity contribution in [1.82, 2.24) is 0 Å². The lowest BCUT2D eigenvalue weighted by Gasteiger charge is -2.20. The first-order valence-corrected chi connectivity index (χ1v) is 7.86. The van der Waals surface area contributed by atoms with Crippen LogP contribution < -0.4 is 9.47 Å². The van der Waals surface area contributed by atoms with E-state index in [1.807, 2.05) is 19.1 Å². The normalized spacial score (nSPS) is 11.0. The molecule has 2 aromatic carbocycles. The molecule has 0 N–H and O–H groups in total. The zero-order valence-corrected chi connectivity index (χ0v) is 14.7. The number of nitrogens with zero attached hydrogens (tertiary/aromatic N) is 1. The quantitative estimate of drug-likeness (QED) is 0.352. The van der Waals surface area contributed by atoms with Crippen LogP contribution in [0.25, 0.3) is 0 Å². The maximum absolute atomic E-state index is 11.9. The Kier molecular flexibility index (Phi) is 5.41. The predicted molar refractivity (Wildman–Crippen MR) is 94.1 cm³/mol. The second kappa shape index (κ2) is 7.34. The number of ether oxygens (including phenoxy) is 2. The number of nitro groups is 1. The van der Waals surface area contributed by atoms with E-state index >= 15 is 0 Å². The fraction of sp³-hybridized carbons (Fsp3) is 0.316. The van der Waals surface area contributed by atoms with Crippen LogP contribution >= 0.6 is 0 Å². The van der Waals surface area contributed by atoms with Crippen LogP contribution in [0.2, 0.25) is 0 Å². The highest BCUT2D eigenvalue weighted by atomic mass is 16.6. The van der Waals surface area contributed by atoms with Crippen molar-refractivity contribution in [2.75, 3.05) is 6.61 Å². The molecule has 2 rings (SSSR count). The SMILES string of the molecule is Cc1cc(C(C)(C)C)ccc1OC(=O)COc1ccc([N+](=O)[O-])cc1. The van der Waals surface area contributed by atoms with Gasteiger partial charge < -0.3 is 9.47 Å². The minimum absolute atomic E-state index is 0.0202. The van der Waals surface area contributed by atoms with Crippen molar-refractivity contribution < 1.29 is 19.2 Å². The number of rotatable bonds is 5. The molecule has 0 spiro atoms. The minimum atomic E-state index is -0.537. The van der Waals surface area contributed by atoms with Gasteiger partial charge in [-0.15, -0.1) is 0 Å². The van der Waals surface area contributed by atoms with Gasteiger partial charge in [0, 0.05) is 12.1 Å². The first-order chi connectivity index (χ1) is 11.7. The van der Waals surface area contributed by atoms with Crippen LogP contribution in [0, 0.1) is 17.0 Å². The molecule has 0 saturated heterocycles. The summed E-state index contributed by atoms with van der Waals surface area (Å²) in [6, 6.07) is 11.2. The molecule has 6 heteroatoms. The summed E-state index contributed by atoms with van der Waals surface area (Å²) in [5.74, 6) is 0.317. The van der Waals surface area contributed by atoms with E-state index in [1.54, 1.807) is 6.07 Å². The average Bonchev–Trinajstić information content (AvgIpc) is 2.54. The summed E-state index contributed by atoms with van der Waals surface area (Å²) in [4.78, 5) is 22.0. The lowest BCUT2D eigenvalue weighted by atomic mass is 9.86. The Balaban J connectivity index is 1.95. The molecule has 25 heavy (non-hydrogen) atoms. The zero-order chi connectivity index (χ0) is 18.6. The highest BCUT2D eigenvalue weighted by Gasteiger charge is 2.16. The lowest BCUT2D eigenvalue weighted by molar-refractivity contribution is -0.384. The number of nitro benzene ring substituents is 1. The topological polar surface area (TPSA) is 78.7 Å². The van der Waals surface area contributed by atoms with Gasteiger partial charge in [0.2, 0.25) is 0 Å². The molecule has 0 radical (unpaired) electrons. The molecular formula is C19H21NO5. The number of carbonyl (C=O) groups is 1. The second-order valence-corrected chi connectivity index (χ2v) is 6.74. The van der Waals surface area contributed by atoms with Gasteiger partial charge in [0.1, 0.15) is 11.5 Å². The maximum atomic E-state index is 11.9. The van der Waals surface area contributed by atoms with Gasteiger partial charge in [0.05, 0.1) is 4.92 Å². The highest BCUT2D eigenvalue weighted by Crippen LogP contribution is 2.27. The highest BCUT2D eigenvalue weighted by molar-refractivity contribution is 5.74. The third kappa shape index (κ3) is 5.04. The second-order valence-electron chi connectivity index (χ2n) is 6.74. The van der Waals surface area contributed by atoms with Crippen LogP contribution in [0.3, 0.4) is 0 Å². The van der Waals surface area contributed by atoms with Gasteiger partial charge in [-0.1, -0.05) is 32.9 Å². The first kappa shape index (κ1) is 18.4. The number of benzene rings is 2. The molecule has 0 aliphatic carbocycles. The van der Waals surface area contributed by atoms with E-state index in [9.17, 15) is 14.9 Å². The number of non-ortho nitro benzene ring substituents is 1. The van der Waals surface area contributed by atoms with Gasteiger partial charge in [-0.25, -0.2) is 4.79 Å². The van der Waals surface area contributed by atoms with E-state index < -0.39 is 10.9 Å². The Morgan fingerprint density at radius 1 is 1.12 bits per heavy atom. The summed E-state index contributed by atoms with van der Waals surface area (Å²) in [7, 11) is 0. The summed E-state index contributed by atoms with van der Waals surface area (Å²) >= 11 is 0. The Hall–Kier alpha value is -2.89. The van der Waals surface area contributed by atoms with Crippen molar-refractivity contribution in [3.63, 3.8) is 0 Å². The van der Waals surface area contributed by atoms with Crippen molar-refractivity contribution in [2.24, 2.45) is 0 Å². The molecule has 0 saturated carbocycles. The molecule has 0 bridgehead atoms. The van der Waals surface area contributed by atoms with E-state index in [4.69, 9.17) is 9.47 Å². The Labute approximate surface area is 146 Å². The van der Waals surface area contributed by atoms with Crippen LogP contribution in [0.4, 0.5) is 5.69 Å². The third-order valence-corrected chi connectivity index (χ3v) is 3.67. The molecule has 0 amide bonds. The van der Waals surface area contributed by atoms with Crippen molar-refractivity contribution >= 4 is 11.7 Å². The van der Waals surface area contributed by atoms with Gasteiger partial charge >= 0.3 is 5.97 Å². The van der Waals surface area contributed by atoms with Crippen LogP contribution in [0.15, 0.2) is 42.5 Å². The molecule has 6 nitrogen and oxygen atoms in total. The number of esters is 1. The molecule has 0 aromatic heterocycles. The Bertz CT molecular complexity index is 775. The van der Waals surface area contributed by atoms with Crippen molar-refractivity contribution in [3.05, 3.63) is 63.7 Å². The van der Waals surface area contributed by atoms with E-state index in [1.165, 1.54) is 24.3 Å². The Morgan fingerprint density at radius 2 is 1.76 bits per heavy atom. The summed E-state index contributed by atoms with van der Waals surface area (Å²) in [6.07, 6.45) is 0. The fourth-order valence-corrected chi connectivity index (χ4v) is 2.19. The molecule has 0 fully saturated rings. The van der Waals surface area contributed by atoms with Crippen LogP contribution in [-0.2, 0) is 10.2 Å². The molecular weight excluding hydrogens is 322 g/mol. The molecule has 132 valence electrons. The summed E-state index contributed by atoms with van der Waals surface area (Å²) < 4.78 is 10.6. The van der Waals surface area contributed by atoms with Gasteiger partial charge in [-0.05, 0) is 41.7 Å². The fourth-order valence-electron chi connectivity index (χ4n) is 2.19. The summed E-state index contributed by atoms with van der Waals surface area (Å²) in [5.41, 5.74) is 2.01. The van der Waals surface area contributed by atoms with Crippen LogP contribution in [0.5, 0.6) is 11.5 Å². The number of aryl methyl sites for hydroxylation is 1. The van der Waals surface area contributed by atoms with Crippen molar-refractivity contribution in [2.45, 2.75) is 33.1 Å². The molecule has 2 aromatic rings. The van der Waals surface area contributed by atoms with Gasteiger partial charge in [-0.2, -0.15) is 0 Å². The van der Waals surface area contributed by atoms with Crippen molar-refractivity contribution in [3.8, 4) is 11.5 Å². The van der Waals surface area contributed by atoms with Gasteiger partial charge in [0.25, 0.3) is 5.69 Å². The zero-order valence-electron chi connectivity index (χ0n) is 14.7. The smallest absolute Gasteiger partial charge is 0.349 e. The van der Waals surface area contributed by atoms with E-state index in [-0.39, 0.29) is 17.7 Å². The van der Waals surface area contributed by atoms with Gasteiger partial charge in [-0.3, -0.25) is 10.1 Å². The van der Waals surface area contributed by atoms with Gasteiger partial charge in [0.15, 0.2) is 6.61 Å². The summed E-state index contributed by atoms with van der Waals surface area (Å²) in [6.45, 7) is 7.95. The maximum Gasteiger partial charge on any atom is 0.349 e. The predicted octanol–water partition coefficient (Wildman–Crippen LogP) is 4.19. The third-order valence-electron chi connectivity index (χ3n) is 3.67. The molecule has 0 atom stereocenters. The Morgan fingerprint density at radius 3 is 2.28 bits per heavy atom. The minimum Gasteiger partial charge on any atom is -0.482 e. The average molecular weight is 343 g/mol. The number of hydrogen-bond donors (Lipinski definition) is 0. The molecule has 0 aliphatic heterocycles. The standard InChI is InChI=1S/C19H21NO5/c1-13-11-14(19(2,3)4)5-10-17(13)25-18(21)12-24-16-8-6-15(7-9-16)20(22)23/h5-11H,12H2,1-4H3. The monoisotopic (exact) mass is 343 g/mol. The molecule has 0 heterocycles. The van der Waals surface area contributed by atoms with Crippen LogP contribution in [-0.4, -0.2) is 17.5 Å². The first-order valence-electron chi connectivity index (χ1n) is 7.86. The summed E-state index contributed by atoms with van der Waals surface area (Å²) in [5, 5.41) is 10.6. The van der Waals surface area contributed by atoms with Crippen LogP contribution in [0.1, 0.15) is 31.9 Å². The van der Waals surface area contributed by atoms with E-state index in [0.717, 1.165) is 11.1 Å². The number of hydrogen-bond acceptors (Lipinski definition) is 5. The van der Waals surface area contributed by atoms with Crippen molar-refractivity contribution in [1.29, 1.82) is 0 Å².